The van der Waals surface area contributed by atoms with Gasteiger partial charge in [-0.2, -0.15) is 10.2 Å². The largest absolute Gasteiger partial charge is 0.493 e. The van der Waals surface area contributed by atoms with Crippen LogP contribution in [0.15, 0.2) is 41.1 Å². The van der Waals surface area contributed by atoms with Crippen molar-refractivity contribution in [3.63, 3.8) is 0 Å². The Labute approximate surface area is 287 Å². The Bertz CT molecular complexity index is 1940. The van der Waals surface area contributed by atoms with Gasteiger partial charge < -0.3 is 19.7 Å². The monoisotopic (exact) mass is 696 g/mol. The van der Waals surface area contributed by atoms with Crippen molar-refractivity contribution in [2.45, 2.75) is 50.7 Å². The fourth-order valence-electron chi connectivity index (χ4n) is 6.52. The van der Waals surface area contributed by atoms with E-state index in [1.54, 1.807) is 59.8 Å². The second-order valence-corrected chi connectivity index (χ2v) is 13.7. The van der Waals surface area contributed by atoms with E-state index in [4.69, 9.17) is 16.3 Å². The van der Waals surface area contributed by atoms with Gasteiger partial charge in [0.1, 0.15) is 11.4 Å². The third kappa shape index (κ3) is 6.78. The number of allylic oxidation sites excluding steroid dienone is 1. The molecule has 6 rings (SSSR count). The quantitative estimate of drug-likeness (QED) is 0.213. The number of aryl methyl sites for hydroxylation is 3. The molecule has 0 amide bonds. The molecule has 2 aliphatic heterocycles. The molecular weight excluding hydrogens is 658 g/mol. The van der Waals surface area contributed by atoms with E-state index in [2.05, 4.69) is 15.5 Å². The molecule has 0 unspecified atom stereocenters. The molecule has 0 radical (unpaired) electrons. The van der Waals surface area contributed by atoms with E-state index >= 15 is 8.78 Å². The molecule has 48 heavy (non-hydrogen) atoms. The van der Waals surface area contributed by atoms with Crippen LogP contribution in [0.4, 0.5) is 14.5 Å². The van der Waals surface area contributed by atoms with Crippen LogP contribution in [0.25, 0.3) is 17.0 Å². The Morgan fingerprint density at radius 3 is 2.71 bits per heavy atom. The zero-order valence-electron chi connectivity index (χ0n) is 27.4. The number of nitrogens with one attached hydrogen (secondary N) is 1. The summed E-state index contributed by atoms with van der Waals surface area (Å²) >= 11 is 8.30. The van der Waals surface area contributed by atoms with E-state index in [0.29, 0.717) is 69.7 Å². The zero-order chi connectivity index (χ0) is 34.2. The first-order valence-corrected chi connectivity index (χ1v) is 17.5. The number of ether oxygens (including phenoxy) is 1. The van der Waals surface area contributed by atoms with E-state index in [0.717, 1.165) is 35.2 Å². The van der Waals surface area contributed by atoms with Crippen LogP contribution in [0.2, 0.25) is 5.02 Å². The van der Waals surface area contributed by atoms with Crippen LogP contribution in [0.1, 0.15) is 63.9 Å². The first-order valence-electron chi connectivity index (χ1n) is 15.9. The highest BCUT2D eigenvalue weighted by Crippen LogP contribution is 2.41. The number of carbonyl (C=O) groups is 1. The predicted molar refractivity (Wildman–Crippen MR) is 189 cm³/mol. The summed E-state index contributed by atoms with van der Waals surface area (Å²) < 4.78 is 41.4. The summed E-state index contributed by atoms with van der Waals surface area (Å²) in [6.45, 7) is 2.84. The van der Waals surface area contributed by atoms with Gasteiger partial charge in [0.15, 0.2) is 0 Å². The molecule has 9 nitrogen and oxygen atoms in total. The number of rotatable bonds is 1. The van der Waals surface area contributed by atoms with Crippen molar-refractivity contribution in [2.24, 2.45) is 19.2 Å². The Balaban J connectivity index is 1.40. The van der Waals surface area contributed by atoms with Crippen LogP contribution >= 0.6 is 23.4 Å². The third-order valence-corrected chi connectivity index (χ3v) is 10.2. The van der Waals surface area contributed by atoms with E-state index in [-0.39, 0.29) is 17.9 Å². The number of benzene rings is 2. The van der Waals surface area contributed by atoms with Gasteiger partial charge in [-0.1, -0.05) is 17.7 Å². The molecular formula is C35H39ClF2N6O3S. The first-order chi connectivity index (χ1) is 22.9. The maximum Gasteiger partial charge on any atom is 0.352 e. The fourth-order valence-corrected chi connectivity index (χ4v) is 7.36. The van der Waals surface area contributed by atoms with E-state index in [9.17, 15) is 9.90 Å². The van der Waals surface area contributed by atoms with Crippen LogP contribution in [-0.2, 0) is 45.0 Å². The summed E-state index contributed by atoms with van der Waals surface area (Å²) in [6.07, 6.45) is 5.67. The molecule has 0 saturated heterocycles. The summed E-state index contributed by atoms with van der Waals surface area (Å²) in [4.78, 5) is 12.6. The summed E-state index contributed by atoms with van der Waals surface area (Å²) in [7, 11) is 5.26. The van der Waals surface area contributed by atoms with Crippen molar-refractivity contribution in [3.05, 3.63) is 80.4 Å². The summed E-state index contributed by atoms with van der Waals surface area (Å²) in [5.41, 5.74) is 5.67. The number of alkyl halides is 2. The minimum absolute atomic E-state index is 0.118. The Hall–Kier alpha value is -4.03. The van der Waals surface area contributed by atoms with Crippen molar-refractivity contribution in [2.75, 3.05) is 31.3 Å². The molecule has 0 aliphatic carbocycles. The van der Waals surface area contributed by atoms with Crippen LogP contribution in [0.3, 0.4) is 0 Å². The zero-order valence-corrected chi connectivity index (χ0v) is 29.0. The average Bonchev–Trinajstić information content (AvgIpc) is 3.54. The molecule has 4 aromatic rings. The SMILES string of the molecule is C/C1=C\c2c(Cl)ccc3c(c(C(=O)O)n(C)c23)CCCOc2cc(cc3c2CCCN3)C(F)(F)Cc2cc(nn2C)CSC/C=N/N1C. The molecule has 0 fully saturated rings. The lowest BCUT2D eigenvalue weighted by atomic mass is 9.95. The number of hydrazone groups is 1. The van der Waals surface area contributed by atoms with Crippen molar-refractivity contribution in [1.82, 2.24) is 19.4 Å². The van der Waals surface area contributed by atoms with Gasteiger partial charge in [0.2, 0.25) is 0 Å². The minimum Gasteiger partial charge on any atom is -0.493 e. The van der Waals surface area contributed by atoms with Gasteiger partial charge in [-0.3, -0.25) is 9.69 Å². The summed E-state index contributed by atoms with van der Waals surface area (Å²) in [6, 6.07) is 8.40. The molecule has 4 heterocycles. The van der Waals surface area contributed by atoms with Gasteiger partial charge in [-0.15, -0.1) is 11.8 Å². The number of carboxylic acids is 1. The van der Waals surface area contributed by atoms with Gasteiger partial charge in [0.05, 0.1) is 24.2 Å². The van der Waals surface area contributed by atoms with E-state index < -0.39 is 18.3 Å². The van der Waals surface area contributed by atoms with Crippen LogP contribution in [-0.4, -0.2) is 62.6 Å². The molecule has 2 aromatic carbocycles. The second kappa shape index (κ2) is 13.8. The molecule has 0 spiro atoms. The number of carboxylic acid groups (broad SMARTS) is 1. The molecule has 8 bridgehead atoms. The number of nitrogens with zero attached hydrogens (tertiary/aromatic N) is 5. The van der Waals surface area contributed by atoms with Crippen LogP contribution in [0, 0.1) is 0 Å². The van der Waals surface area contributed by atoms with E-state index in [1.807, 2.05) is 26.1 Å². The lowest BCUT2D eigenvalue weighted by molar-refractivity contribution is -0.00583. The normalized spacial score (nSPS) is 19.1. The lowest BCUT2D eigenvalue weighted by Crippen LogP contribution is -2.21. The molecule has 2 N–H and O–H groups in total. The molecule has 0 atom stereocenters. The van der Waals surface area contributed by atoms with Crippen molar-refractivity contribution in [1.29, 1.82) is 0 Å². The molecule has 2 aromatic heterocycles. The number of hydrogen-bond acceptors (Lipinski definition) is 7. The highest BCUT2D eigenvalue weighted by atomic mass is 35.5. The maximum absolute atomic E-state index is 16.0. The van der Waals surface area contributed by atoms with E-state index in [1.165, 1.54) is 10.7 Å². The second-order valence-electron chi connectivity index (χ2n) is 12.3. The molecule has 2 aliphatic rings. The molecule has 13 heteroatoms. The summed E-state index contributed by atoms with van der Waals surface area (Å²) in [5.74, 6) is -2.64. The Kier molecular flexibility index (Phi) is 9.76. The van der Waals surface area contributed by atoms with Crippen molar-refractivity contribution < 1.29 is 23.4 Å². The highest BCUT2D eigenvalue weighted by Gasteiger charge is 2.35. The Morgan fingerprint density at radius 2 is 1.92 bits per heavy atom. The van der Waals surface area contributed by atoms with Crippen LogP contribution in [0.5, 0.6) is 5.75 Å². The number of thioether (sulfide) groups is 1. The third-order valence-electron chi connectivity index (χ3n) is 9.02. The molecule has 254 valence electrons. The van der Waals surface area contributed by atoms with Gasteiger partial charge in [0, 0.05) is 89.6 Å². The first kappa shape index (κ1) is 33.9. The fraction of sp³-hybridized carbons (Fsp3) is 0.400. The number of fused-ring (bicyclic) bond motifs is 6. The van der Waals surface area contributed by atoms with Gasteiger partial charge in [-0.05, 0) is 68.5 Å². The highest BCUT2D eigenvalue weighted by molar-refractivity contribution is 7.99. The standard InChI is InChI=1S/C35H39ClF2N6O3S/c1-21-15-28-29(36)10-9-26-25(33(34(45)46)42(2)32(26)28)8-6-13-47-31-17-22(16-30-27(31)7-5-11-39-30)35(37,38)19-24-18-23(41-44(24)4)20-48-14-12-40-43(21)3/h9-10,12,15-18,39H,5-8,11,13-14,19-20H2,1-4H3,(H,45,46)/b21-15+,40-12+. The smallest absolute Gasteiger partial charge is 0.352 e. The van der Waals surface area contributed by atoms with Crippen molar-refractivity contribution in [3.8, 4) is 5.75 Å². The predicted octanol–water partition coefficient (Wildman–Crippen LogP) is 7.49. The number of anilines is 1. The topological polar surface area (TPSA) is 96.9 Å². The number of halogens is 3. The van der Waals surface area contributed by atoms with Gasteiger partial charge >= 0.3 is 5.97 Å². The number of aromatic nitrogens is 3. The number of aromatic carboxylic acids is 1. The Morgan fingerprint density at radius 1 is 1.12 bits per heavy atom. The van der Waals surface area contributed by atoms with Gasteiger partial charge in [-0.25, -0.2) is 13.6 Å². The summed E-state index contributed by atoms with van der Waals surface area (Å²) in [5, 5.41) is 25.6. The maximum atomic E-state index is 16.0. The van der Waals surface area contributed by atoms with Gasteiger partial charge in [0.25, 0.3) is 5.92 Å². The van der Waals surface area contributed by atoms with Crippen molar-refractivity contribution >= 4 is 58.2 Å². The lowest BCUT2D eigenvalue weighted by Gasteiger charge is -2.25. The minimum atomic E-state index is -3.17. The van der Waals surface area contributed by atoms with Crippen LogP contribution < -0.4 is 10.1 Å². The average molecular weight is 697 g/mol. The molecule has 0 saturated carbocycles. The number of hydrogen-bond donors (Lipinski definition) is 2.